The van der Waals surface area contributed by atoms with Crippen molar-refractivity contribution in [2.75, 3.05) is 0 Å². The molecule has 0 saturated carbocycles. The molecule has 0 spiro atoms. The van der Waals surface area contributed by atoms with Crippen molar-refractivity contribution in [1.29, 1.82) is 0 Å². The first-order valence-corrected chi connectivity index (χ1v) is 3.42. The fourth-order valence-electron chi connectivity index (χ4n) is 1.08. The lowest BCUT2D eigenvalue weighted by Gasteiger charge is -2.00. The van der Waals surface area contributed by atoms with E-state index < -0.39 is 18.2 Å². The van der Waals surface area contributed by atoms with E-state index in [0.717, 1.165) is 4.57 Å². The van der Waals surface area contributed by atoms with E-state index in [1.165, 1.54) is 7.05 Å². The molecule has 0 saturated heterocycles. The topological polar surface area (TPSA) is 72.7 Å². The smallest absolute Gasteiger partial charge is 0.332 e. The second kappa shape index (κ2) is 2.32. The Morgan fingerprint density at radius 1 is 1.62 bits per heavy atom. The molecule has 6 heteroatoms. The first-order chi connectivity index (χ1) is 7.73. The fraction of sp³-hybridized carbons (Fsp3) is 0.286. The Labute approximate surface area is 78.1 Å². The Balaban J connectivity index is 3.07. The number of hydrogen-bond donors (Lipinski definition) is 1. The zero-order valence-corrected chi connectivity index (χ0v) is 6.66. The van der Waals surface area contributed by atoms with E-state index in [0.29, 0.717) is 0 Å². The van der Waals surface area contributed by atoms with Gasteiger partial charge in [0.2, 0.25) is 0 Å². The molecule has 0 radical (unpaired) electrons. The summed E-state index contributed by atoms with van der Waals surface area (Å²) in [5.74, 6) is 0. The van der Waals surface area contributed by atoms with E-state index in [1.807, 2.05) is 0 Å². The number of aromatic amines is 1. The lowest BCUT2D eigenvalue weighted by molar-refractivity contribution is 0.709. The predicted molar refractivity (Wildman–Crippen MR) is 46.6 cm³/mol. The van der Waals surface area contributed by atoms with E-state index in [-0.39, 0.29) is 22.0 Å². The molecule has 6 nitrogen and oxygen atoms in total. The van der Waals surface area contributed by atoms with Crippen molar-refractivity contribution in [2.24, 2.45) is 14.0 Å². The van der Waals surface area contributed by atoms with Gasteiger partial charge >= 0.3 is 5.69 Å². The maximum Gasteiger partial charge on any atom is 0.332 e. The third kappa shape index (κ3) is 0.851. The lowest BCUT2D eigenvalue weighted by Crippen LogP contribution is -2.36. The fourth-order valence-corrected chi connectivity index (χ4v) is 1.08. The first-order valence-electron chi connectivity index (χ1n) is 5.42. The van der Waals surface area contributed by atoms with Crippen molar-refractivity contribution in [3.63, 3.8) is 0 Å². The molecular weight excluding hydrogens is 172 g/mol. The van der Waals surface area contributed by atoms with Gasteiger partial charge in [0, 0.05) is 18.1 Å². The molecule has 2 aromatic rings. The molecule has 68 valence electrons. The van der Waals surface area contributed by atoms with Crippen molar-refractivity contribution in [1.82, 2.24) is 19.1 Å². The van der Waals surface area contributed by atoms with Crippen LogP contribution in [0.15, 0.2) is 15.9 Å². The van der Waals surface area contributed by atoms with Gasteiger partial charge < -0.3 is 4.98 Å². The monoisotopic (exact) mass is 184 g/mol. The van der Waals surface area contributed by atoms with Crippen molar-refractivity contribution in [2.45, 2.75) is 0 Å². The molecule has 0 aromatic carbocycles. The normalized spacial score (nSPS) is 16.4. The molecule has 1 N–H and O–H groups in total. The van der Waals surface area contributed by atoms with E-state index >= 15 is 0 Å². The van der Waals surface area contributed by atoms with E-state index in [1.54, 1.807) is 0 Å². The highest BCUT2D eigenvalue weighted by atomic mass is 16.2. The number of nitrogens with one attached hydrogen (secondary N) is 1. The lowest BCUT2D eigenvalue weighted by atomic mass is 10.5. The van der Waals surface area contributed by atoms with Crippen LogP contribution in [-0.2, 0) is 14.0 Å². The Hall–Kier alpha value is -1.85. The number of aryl methyl sites for hydroxylation is 1. The maximum absolute atomic E-state index is 11.8. The van der Waals surface area contributed by atoms with Crippen LogP contribution >= 0.6 is 0 Å². The third-order valence-electron chi connectivity index (χ3n) is 1.78. The van der Waals surface area contributed by atoms with Crippen molar-refractivity contribution < 1.29 is 5.48 Å². The van der Waals surface area contributed by atoms with Crippen LogP contribution in [0.3, 0.4) is 0 Å². The van der Waals surface area contributed by atoms with Crippen LogP contribution in [0, 0.1) is 0 Å². The Morgan fingerprint density at radius 3 is 3.08 bits per heavy atom. The van der Waals surface area contributed by atoms with Crippen LogP contribution in [0.5, 0.6) is 0 Å². The zero-order valence-electron chi connectivity index (χ0n) is 10.7. The molecule has 2 rings (SSSR count). The number of hydrogen-bond acceptors (Lipinski definition) is 3. The summed E-state index contributed by atoms with van der Waals surface area (Å²) in [6.07, 6.45) is -0.310. The standard InChI is InChI=1S/C7H8N4O2/c1-10-5-4(8-3-9-5)6(12)11(2)7(10)13/h3H,1-2H3,(H,8,9)/i2D3,3D. The molecule has 0 atom stereocenters. The Kier molecular flexibility index (Phi) is 0.785. The quantitative estimate of drug-likeness (QED) is 0.568. The molecule has 0 aliphatic rings. The number of aromatic nitrogens is 4. The molecule has 0 fully saturated rings. The minimum atomic E-state index is -2.87. The van der Waals surface area contributed by atoms with Crippen molar-refractivity contribution >= 4 is 11.2 Å². The molecule has 2 heterocycles. The van der Waals surface area contributed by atoms with Gasteiger partial charge in [0.05, 0.1) is 6.30 Å². The number of H-pyrrole nitrogens is 1. The third-order valence-corrected chi connectivity index (χ3v) is 1.78. The van der Waals surface area contributed by atoms with Gasteiger partial charge in [-0.05, 0) is 0 Å². The Bertz CT molecular complexity index is 707. The second-order valence-electron chi connectivity index (χ2n) is 2.53. The molecule has 0 bridgehead atoms. The van der Waals surface area contributed by atoms with Crippen LogP contribution in [-0.4, -0.2) is 19.1 Å². The van der Waals surface area contributed by atoms with Crippen LogP contribution in [0.4, 0.5) is 0 Å². The van der Waals surface area contributed by atoms with Gasteiger partial charge in [-0.15, -0.1) is 0 Å². The highest BCUT2D eigenvalue weighted by Crippen LogP contribution is 1.97. The number of rotatable bonds is 0. The second-order valence-corrected chi connectivity index (χ2v) is 2.53. The van der Waals surface area contributed by atoms with Gasteiger partial charge in [-0.3, -0.25) is 13.9 Å². The van der Waals surface area contributed by atoms with Crippen LogP contribution in [0.25, 0.3) is 11.2 Å². The summed E-state index contributed by atoms with van der Waals surface area (Å²) in [6.45, 7) is -2.87. The summed E-state index contributed by atoms with van der Waals surface area (Å²) >= 11 is 0. The van der Waals surface area contributed by atoms with E-state index in [9.17, 15) is 9.59 Å². The molecule has 2 aromatic heterocycles. The largest absolute Gasteiger partial charge is 0.339 e. The van der Waals surface area contributed by atoms with Gasteiger partial charge in [-0.1, -0.05) is 0 Å². The summed E-state index contributed by atoms with van der Waals surface area (Å²) < 4.78 is 29.7. The van der Waals surface area contributed by atoms with Gasteiger partial charge in [0.15, 0.2) is 5.65 Å². The Morgan fingerprint density at radius 2 is 2.38 bits per heavy atom. The van der Waals surface area contributed by atoms with Gasteiger partial charge in [-0.2, -0.15) is 0 Å². The van der Waals surface area contributed by atoms with Gasteiger partial charge in [-0.25, -0.2) is 9.78 Å². The summed E-state index contributed by atoms with van der Waals surface area (Å²) in [5.41, 5.74) is -2.21. The maximum atomic E-state index is 11.8. The van der Waals surface area contributed by atoms with Crippen molar-refractivity contribution in [3.05, 3.63) is 27.1 Å². The van der Waals surface area contributed by atoms with Gasteiger partial charge in [0.1, 0.15) is 6.89 Å². The SMILES string of the molecule is [2H]c1nc2c([nH]1)c(=O)n(C([2H])([2H])[2H])c(=O)n2C. The minimum Gasteiger partial charge on any atom is -0.339 e. The molecular formula is C7H8N4O2. The molecule has 0 aliphatic carbocycles. The van der Waals surface area contributed by atoms with Crippen LogP contribution in [0.1, 0.15) is 5.48 Å². The highest BCUT2D eigenvalue weighted by Gasteiger charge is 2.08. The highest BCUT2D eigenvalue weighted by molar-refractivity contribution is 5.68. The molecule has 0 amide bonds. The predicted octanol–water partition coefficient (Wildman–Crippen LogP) is -1.04. The zero-order chi connectivity index (χ0) is 13.0. The summed E-state index contributed by atoms with van der Waals surface area (Å²) in [7, 11) is 1.28. The summed E-state index contributed by atoms with van der Waals surface area (Å²) in [4.78, 5) is 29.5. The average molecular weight is 184 g/mol. The molecule has 13 heavy (non-hydrogen) atoms. The summed E-state index contributed by atoms with van der Waals surface area (Å²) in [5, 5.41) is 0. The number of imidazole rings is 1. The van der Waals surface area contributed by atoms with Gasteiger partial charge in [0.25, 0.3) is 5.56 Å². The number of nitrogens with zero attached hydrogens (tertiary/aromatic N) is 3. The van der Waals surface area contributed by atoms with E-state index in [2.05, 4.69) is 9.97 Å². The average Bonchev–Trinajstić information content (AvgIpc) is 2.55. The minimum absolute atomic E-state index is 0.0366. The van der Waals surface area contributed by atoms with E-state index in [4.69, 9.17) is 5.48 Å². The van der Waals surface area contributed by atoms with Crippen LogP contribution in [0.2, 0.25) is 0 Å². The molecule has 0 unspecified atom stereocenters. The van der Waals surface area contributed by atoms with Crippen LogP contribution < -0.4 is 11.2 Å². The molecule has 0 aliphatic heterocycles. The van der Waals surface area contributed by atoms with Crippen molar-refractivity contribution in [3.8, 4) is 0 Å². The first kappa shape index (κ1) is 4.40. The summed E-state index contributed by atoms with van der Waals surface area (Å²) in [6, 6.07) is 0. The number of fused-ring (bicyclic) bond motifs is 1.